The molecule has 1 unspecified atom stereocenters. The van der Waals surface area contributed by atoms with Crippen LogP contribution in [0.5, 0.6) is 0 Å². The van der Waals surface area contributed by atoms with Gasteiger partial charge < -0.3 is 10.6 Å². The standard InChI is InChI=1S/C10H25N3O2S/c1-9(2)7-10(8-13(3)4)12-16(14,15)6-5-11/h9-10,12H,5-8,11H2,1-4H3. The van der Waals surface area contributed by atoms with Crippen LogP contribution in [0.1, 0.15) is 20.3 Å². The van der Waals surface area contributed by atoms with E-state index in [4.69, 9.17) is 5.73 Å². The molecule has 0 aromatic heterocycles. The lowest BCUT2D eigenvalue weighted by Gasteiger charge is -2.23. The third-order valence-corrected chi connectivity index (χ3v) is 3.54. The van der Waals surface area contributed by atoms with Crippen LogP contribution in [0.3, 0.4) is 0 Å². The first-order chi connectivity index (χ1) is 7.26. The zero-order chi connectivity index (χ0) is 12.8. The van der Waals surface area contributed by atoms with Gasteiger partial charge in [-0.1, -0.05) is 13.8 Å². The van der Waals surface area contributed by atoms with Crippen molar-refractivity contribution in [3.05, 3.63) is 0 Å². The highest BCUT2D eigenvalue weighted by atomic mass is 32.2. The van der Waals surface area contributed by atoms with Crippen molar-refractivity contribution in [1.82, 2.24) is 9.62 Å². The lowest BCUT2D eigenvalue weighted by Crippen LogP contribution is -2.44. The van der Waals surface area contributed by atoms with Crippen molar-refractivity contribution in [2.24, 2.45) is 11.7 Å². The van der Waals surface area contributed by atoms with Crippen molar-refractivity contribution in [1.29, 1.82) is 0 Å². The fourth-order valence-corrected chi connectivity index (χ4v) is 2.74. The Bertz CT molecular complexity index is 266. The molecule has 0 radical (unpaired) electrons. The zero-order valence-corrected chi connectivity index (χ0v) is 11.5. The number of hydrogen-bond donors (Lipinski definition) is 2. The number of nitrogens with zero attached hydrogens (tertiary/aromatic N) is 1. The number of nitrogens with two attached hydrogens (primary N) is 1. The minimum Gasteiger partial charge on any atom is -0.329 e. The maximum Gasteiger partial charge on any atom is 0.213 e. The molecule has 16 heavy (non-hydrogen) atoms. The van der Waals surface area contributed by atoms with E-state index < -0.39 is 10.0 Å². The third kappa shape index (κ3) is 8.04. The van der Waals surface area contributed by atoms with Gasteiger partial charge in [-0.2, -0.15) is 0 Å². The first-order valence-corrected chi connectivity index (χ1v) is 7.27. The summed E-state index contributed by atoms with van der Waals surface area (Å²) in [6, 6.07) is -0.0356. The minimum absolute atomic E-state index is 0.00494. The summed E-state index contributed by atoms with van der Waals surface area (Å²) < 4.78 is 25.9. The largest absolute Gasteiger partial charge is 0.329 e. The van der Waals surface area contributed by atoms with Crippen molar-refractivity contribution in [2.45, 2.75) is 26.3 Å². The zero-order valence-electron chi connectivity index (χ0n) is 10.7. The first-order valence-electron chi connectivity index (χ1n) is 5.61. The Morgan fingerprint density at radius 3 is 2.25 bits per heavy atom. The quantitative estimate of drug-likeness (QED) is 0.628. The van der Waals surface area contributed by atoms with E-state index in [9.17, 15) is 8.42 Å². The Kier molecular flexibility index (Phi) is 7.14. The number of sulfonamides is 1. The molecule has 0 amide bonds. The maximum atomic E-state index is 11.6. The molecule has 0 bridgehead atoms. The molecular formula is C10H25N3O2S. The summed E-state index contributed by atoms with van der Waals surface area (Å²) in [5.74, 6) is 0.459. The van der Waals surface area contributed by atoms with Gasteiger partial charge in [-0.15, -0.1) is 0 Å². The molecule has 0 rings (SSSR count). The fraction of sp³-hybridized carbons (Fsp3) is 1.00. The van der Waals surface area contributed by atoms with Crippen molar-refractivity contribution in [3.8, 4) is 0 Å². The van der Waals surface area contributed by atoms with Crippen LogP contribution < -0.4 is 10.5 Å². The molecule has 5 nitrogen and oxygen atoms in total. The summed E-state index contributed by atoms with van der Waals surface area (Å²) in [7, 11) is 0.646. The highest BCUT2D eigenvalue weighted by molar-refractivity contribution is 7.89. The van der Waals surface area contributed by atoms with Crippen molar-refractivity contribution in [3.63, 3.8) is 0 Å². The van der Waals surface area contributed by atoms with Crippen LogP contribution in [-0.4, -0.2) is 52.3 Å². The molecule has 98 valence electrons. The van der Waals surface area contributed by atoms with Gasteiger partial charge in [0.2, 0.25) is 10.0 Å². The van der Waals surface area contributed by atoms with Crippen LogP contribution >= 0.6 is 0 Å². The number of rotatable bonds is 8. The van der Waals surface area contributed by atoms with Gasteiger partial charge in [0.1, 0.15) is 0 Å². The third-order valence-electron chi connectivity index (χ3n) is 2.07. The molecule has 0 spiro atoms. The Morgan fingerprint density at radius 2 is 1.88 bits per heavy atom. The van der Waals surface area contributed by atoms with Crippen molar-refractivity contribution in [2.75, 3.05) is 32.9 Å². The van der Waals surface area contributed by atoms with E-state index in [1.54, 1.807) is 0 Å². The number of hydrogen-bond acceptors (Lipinski definition) is 4. The Morgan fingerprint density at radius 1 is 1.31 bits per heavy atom. The smallest absolute Gasteiger partial charge is 0.213 e. The Labute approximate surface area is 99.4 Å². The van der Waals surface area contributed by atoms with Gasteiger partial charge in [-0.3, -0.25) is 0 Å². The van der Waals surface area contributed by atoms with Gasteiger partial charge in [0, 0.05) is 19.1 Å². The topological polar surface area (TPSA) is 75.4 Å². The second-order valence-corrected chi connectivity index (χ2v) is 6.69. The monoisotopic (exact) mass is 251 g/mol. The number of likely N-dealkylation sites (N-methyl/N-ethyl adjacent to an activating group) is 1. The summed E-state index contributed by atoms with van der Waals surface area (Å²) in [6.07, 6.45) is 0.835. The summed E-state index contributed by atoms with van der Waals surface area (Å²) in [5, 5.41) is 0. The summed E-state index contributed by atoms with van der Waals surface area (Å²) in [6.45, 7) is 5.04. The maximum absolute atomic E-state index is 11.6. The molecule has 0 aliphatic carbocycles. The molecular weight excluding hydrogens is 226 g/mol. The van der Waals surface area contributed by atoms with Crippen molar-refractivity contribution >= 4 is 10.0 Å². The predicted molar refractivity (Wildman–Crippen MR) is 67.8 cm³/mol. The molecule has 0 saturated heterocycles. The summed E-state index contributed by atoms with van der Waals surface area (Å²) in [5.41, 5.74) is 5.26. The van der Waals surface area contributed by atoms with E-state index in [1.165, 1.54) is 0 Å². The van der Waals surface area contributed by atoms with Crippen molar-refractivity contribution < 1.29 is 8.42 Å². The second-order valence-electron chi connectivity index (χ2n) is 4.81. The van der Waals surface area contributed by atoms with Gasteiger partial charge in [-0.25, -0.2) is 13.1 Å². The molecule has 0 heterocycles. The molecule has 0 aromatic carbocycles. The van der Waals surface area contributed by atoms with Gasteiger partial charge in [0.15, 0.2) is 0 Å². The van der Waals surface area contributed by atoms with Crippen LogP contribution in [0.15, 0.2) is 0 Å². The SMILES string of the molecule is CC(C)CC(CN(C)C)NS(=O)(=O)CCN. The molecule has 1 atom stereocenters. The summed E-state index contributed by atoms with van der Waals surface area (Å²) >= 11 is 0. The predicted octanol–water partition coefficient (Wildman–Crippen LogP) is -0.159. The van der Waals surface area contributed by atoms with Crippen LogP contribution in [0.4, 0.5) is 0 Å². The van der Waals surface area contributed by atoms with E-state index >= 15 is 0 Å². The summed E-state index contributed by atoms with van der Waals surface area (Å²) in [4.78, 5) is 1.98. The Balaban J connectivity index is 4.41. The number of nitrogens with one attached hydrogen (secondary N) is 1. The average molecular weight is 251 g/mol. The lowest BCUT2D eigenvalue weighted by molar-refractivity contribution is 0.329. The normalized spacial score (nSPS) is 14.7. The highest BCUT2D eigenvalue weighted by Gasteiger charge is 2.18. The minimum atomic E-state index is -3.22. The molecule has 0 saturated carbocycles. The molecule has 0 aliphatic heterocycles. The van der Waals surface area contributed by atoms with Crippen LogP contribution in [0.25, 0.3) is 0 Å². The van der Waals surface area contributed by atoms with E-state index in [2.05, 4.69) is 18.6 Å². The molecule has 6 heteroatoms. The van der Waals surface area contributed by atoms with Crippen LogP contribution in [0.2, 0.25) is 0 Å². The molecule has 3 N–H and O–H groups in total. The fourth-order valence-electron chi connectivity index (χ4n) is 1.64. The van der Waals surface area contributed by atoms with Gasteiger partial charge in [0.25, 0.3) is 0 Å². The van der Waals surface area contributed by atoms with Gasteiger partial charge in [-0.05, 0) is 26.4 Å². The van der Waals surface area contributed by atoms with E-state index in [0.717, 1.165) is 6.42 Å². The first kappa shape index (κ1) is 15.8. The highest BCUT2D eigenvalue weighted by Crippen LogP contribution is 2.06. The van der Waals surface area contributed by atoms with E-state index in [0.29, 0.717) is 12.5 Å². The van der Waals surface area contributed by atoms with Crippen LogP contribution in [0, 0.1) is 5.92 Å². The van der Waals surface area contributed by atoms with E-state index in [-0.39, 0.29) is 18.3 Å². The van der Waals surface area contributed by atoms with Gasteiger partial charge in [0.05, 0.1) is 5.75 Å². The molecule has 0 fully saturated rings. The molecule has 0 aliphatic rings. The Hall–Kier alpha value is -0.170. The second kappa shape index (κ2) is 7.21. The van der Waals surface area contributed by atoms with E-state index in [1.807, 2.05) is 19.0 Å². The van der Waals surface area contributed by atoms with Crippen LogP contribution in [-0.2, 0) is 10.0 Å². The lowest BCUT2D eigenvalue weighted by atomic mass is 10.0. The molecule has 0 aromatic rings. The average Bonchev–Trinajstić information content (AvgIpc) is 1.98. The van der Waals surface area contributed by atoms with Gasteiger partial charge >= 0.3 is 0 Å².